The van der Waals surface area contributed by atoms with Crippen LogP contribution in [0.5, 0.6) is 0 Å². The lowest BCUT2D eigenvalue weighted by Crippen LogP contribution is -2.37. The third kappa shape index (κ3) is 3.09. The van der Waals surface area contributed by atoms with Crippen LogP contribution in [0.1, 0.15) is 18.9 Å². The van der Waals surface area contributed by atoms with Crippen LogP contribution in [-0.4, -0.2) is 29.2 Å². The van der Waals surface area contributed by atoms with Crippen LogP contribution in [0.2, 0.25) is 5.02 Å². The maximum atomic E-state index is 9.07. The summed E-state index contributed by atoms with van der Waals surface area (Å²) in [6.45, 7) is 4.41. The van der Waals surface area contributed by atoms with Crippen molar-refractivity contribution < 1.29 is 5.11 Å². The van der Waals surface area contributed by atoms with E-state index in [-0.39, 0.29) is 6.61 Å². The van der Waals surface area contributed by atoms with Gasteiger partial charge in [0.25, 0.3) is 0 Å². The van der Waals surface area contributed by atoms with Crippen molar-refractivity contribution in [2.45, 2.75) is 25.2 Å². The van der Waals surface area contributed by atoms with Gasteiger partial charge in [-0.3, -0.25) is 0 Å². The van der Waals surface area contributed by atoms with E-state index in [0.717, 1.165) is 35.1 Å². The first-order valence-electron chi connectivity index (χ1n) is 6.00. The van der Waals surface area contributed by atoms with E-state index >= 15 is 0 Å². The predicted octanol–water partition coefficient (Wildman–Crippen LogP) is 3.16. The number of nitrogens with zero attached hydrogens (tertiary/aromatic N) is 1. The van der Waals surface area contributed by atoms with Crippen LogP contribution in [0.15, 0.2) is 18.2 Å². The molecule has 1 heterocycles. The smallest absolute Gasteiger partial charge is 0.0682 e. The summed E-state index contributed by atoms with van der Waals surface area (Å²) in [6, 6.07) is 5.83. The van der Waals surface area contributed by atoms with Gasteiger partial charge in [0.15, 0.2) is 0 Å². The number of aliphatic hydroxyl groups excluding tert-OH is 1. The van der Waals surface area contributed by atoms with Gasteiger partial charge in [-0.1, -0.05) is 24.6 Å². The van der Waals surface area contributed by atoms with Crippen molar-refractivity contribution in [2.75, 3.05) is 23.7 Å². The second kappa shape index (κ2) is 5.98. The number of anilines is 1. The van der Waals surface area contributed by atoms with E-state index in [1.165, 1.54) is 6.42 Å². The molecule has 94 valence electrons. The zero-order valence-corrected chi connectivity index (χ0v) is 11.6. The Labute approximate surface area is 112 Å². The van der Waals surface area contributed by atoms with E-state index in [1.54, 1.807) is 0 Å². The molecule has 4 heteroatoms. The first-order valence-corrected chi connectivity index (χ1v) is 7.43. The summed E-state index contributed by atoms with van der Waals surface area (Å²) in [5.74, 6) is 1.16. The molecule has 0 bridgehead atoms. The van der Waals surface area contributed by atoms with Gasteiger partial charge >= 0.3 is 0 Å². The second-order valence-electron chi connectivity index (χ2n) is 4.29. The summed E-state index contributed by atoms with van der Waals surface area (Å²) in [4.78, 5) is 2.36. The second-order valence-corrected chi connectivity index (χ2v) is 6.11. The van der Waals surface area contributed by atoms with Crippen molar-refractivity contribution in [1.82, 2.24) is 0 Å². The van der Waals surface area contributed by atoms with Gasteiger partial charge in [-0.25, -0.2) is 0 Å². The van der Waals surface area contributed by atoms with Crippen molar-refractivity contribution in [3.63, 3.8) is 0 Å². The summed E-state index contributed by atoms with van der Waals surface area (Å²) in [6.07, 6.45) is 1.20. The Morgan fingerprint density at radius 1 is 1.53 bits per heavy atom. The van der Waals surface area contributed by atoms with Crippen LogP contribution in [0.3, 0.4) is 0 Å². The molecule has 0 saturated carbocycles. The van der Waals surface area contributed by atoms with Crippen LogP contribution >= 0.6 is 23.4 Å². The molecule has 1 fully saturated rings. The molecule has 1 aromatic rings. The number of halogens is 1. The van der Waals surface area contributed by atoms with Crippen LogP contribution in [0.25, 0.3) is 0 Å². The molecule has 1 aromatic carbocycles. The molecular formula is C13H18ClNOS. The Morgan fingerprint density at radius 3 is 3.00 bits per heavy atom. The number of aliphatic hydroxyl groups is 1. The van der Waals surface area contributed by atoms with E-state index in [1.807, 2.05) is 18.2 Å². The largest absolute Gasteiger partial charge is 0.392 e. The van der Waals surface area contributed by atoms with Gasteiger partial charge in [0.05, 0.1) is 17.3 Å². The maximum Gasteiger partial charge on any atom is 0.0682 e. The molecule has 0 aromatic heterocycles. The lowest BCUT2D eigenvalue weighted by atomic mass is 10.2. The summed E-state index contributed by atoms with van der Waals surface area (Å²) >= 11 is 8.32. The molecule has 1 saturated heterocycles. The third-order valence-electron chi connectivity index (χ3n) is 3.13. The minimum Gasteiger partial charge on any atom is -0.392 e. The number of benzene rings is 1. The van der Waals surface area contributed by atoms with Gasteiger partial charge in [-0.15, -0.1) is 0 Å². The monoisotopic (exact) mass is 271 g/mol. The lowest BCUT2D eigenvalue weighted by Gasteiger charge is -2.34. The molecule has 2 nitrogen and oxygen atoms in total. The van der Waals surface area contributed by atoms with Gasteiger partial charge < -0.3 is 10.0 Å². The SMILES string of the molecule is CCC1CN(c2ccc(CO)cc2Cl)CCS1. The Morgan fingerprint density at radius 2 is 2.35 bits per heavy atom. The van der Waals surface area contributed by atoms with E-state index in [2.05, 4.69) is 23.6 Å². The average Bonchev–Trinajstić information content (AvgIpc) is 2.38. The average molecular weight is 272 g/mol. The fraction of sp³-hybridized carbons (Fsp3) is 0.538. The lowest BCUT2D eigenvalue weighted by molar-refractivity contribution is 0.282. The summed E-state index contributed by atoms with van der Waals surface area (Å²) < 4.78 is 0. The Kier molecular flexibility index (Phi) is 4.60. The number of hydrogen-bond donors (Lipinski definition) is 1. The highest BCUT2D eigenvalue weighted by molar-refractivity contribution is 8.00. The minimum atomic E-state index is 0.0490. The van der Waals surface area contributed by atoms with E-state index in [0.29, 0.717) is 5.25 Å². The summed E-state index contributed by atoms with van der Waals surface area (Å²) in [5.41, 5.74) is 1.97. The highest BCUT2D eigenvalue weighted by Crippen LogP contribution is 2.31. The molecular weight excluding hydrogens is 254 g/mol. The number of thioether (sulfide) groups is 1. The number of hydrogen-bond acceptors (Lipinski definition) is 3. The van der Waals surface area contributed by atoms with Crippen molar-refractivity contribution in [3.8, 4) is 0 Å². The summed E-state index contributed by atoms with van der Waals surface area (Å²) in [7, 11) is 0. The molecule has 1 atom stereocenters. The van der Waals surface area contributed by atoms with Gasteiger partial charge in [0.2, 0.25) is 0 Å². The fourth-order valence-electron chi connectivity index (χ4n) is 2.09. The molecule has 0 radical (unpaired) electrons. The highest BCUT2D eigenvalue weighted by Gasteiger charge is 2.20. The zero-order valence-electron chi connectivity index (χ0n) is 10.0. The van der Waals surface area contributed by atoms with Crippen LogP contribution in [0, 0.1) is 0 Å². The summed E-state index contributed by atoms with van der Waals surface area (Å²) in [5, 5.41) is 10.5. The Bertz CT molecular complexity index is 386. The van der Waals surface area contributed by atoms with E-state index in [4.69, 9.17) is 16.7 Å². The zero-order chi connectivity index (χ0) is 12.3. The molecule has 0 aliphatic carbocycles. The highest BCUT2D eigenvalue weighted by atomic mass is 35.5. The first kappa shape index (κ1) is 13.1. The van der Waals surface area contributed by atoms with Crippen molar-refractivity contribution in [1.29, 1.82) is 0 Å². The molecule has 1 aliphatic rings. The van der Waals surface area contributed by atoms with Gasteiger partial charge in [-0.05, 0) is 24.1 Å². The predicted molar refractivity (Wildman–Crippen MR) is 76.1 cm³/mol. The molecule has 17 heavy (non-hydrogen) atoms. The minimum absolute atomic E-state index is 0.0490. The maximum absolute atomic E-state index is 9.07. The van der Waals surface area contributed by atoms with Crippen LogP contribution in [0.4, 0.5) is 5.69 Å². The fourth-order valence-corrected chi connectivity index (χ4v) is 3.59. The number of rotatable bonds is 3. The topological polar surface area (TPSA) is 23.5 Å². The van der Waals surface area contributed by atoms with Crippen LogP contribution < -0.4 is 4.90 Å². The third-order valence-corrected chi connectivity index (χ3v) is 4.80. The van der Waals surface area contributed by atoms with E-state index in [9.17, 15) is 0 Å². The van der Waals surface area contributed by atoms with Crippen molar-refractivity contribution >= 4 is 29.1 Å². The molecule has 2 rings (SSSR count). The van der Waals surface area contributed by atoms with E-state index < -0.39 is 0 Å². The van der Waals surface area contributed by atoms with Gasteiger partial charge in [0.1, 0.15) is 0 Å². The van der Waals surface area contributed by atoms with Gasteiger partial charge in [0, 0.05) is 24.1 Å². The Hall–Kier alpha value is -0.380. The van der Waals surface area contributed by atoms with Crippen molar-refractivity contribution in [3.05, 3.63) is 28.8 Å². The molecule has 0 spiro atoms. The quantitative estimate of drug-likeness (QED) is 0.914. The molecule has 1 N–H and O–H groups in total. The standard InChI is InChI=1S/C13H18ClNOS/c1-2-11-8-15(5-6-17-11)13-4-3-10(9-16)7-12(13)14/h3-4,7,11,16H,2,5-6,8-9H2,1H3. The van der Waals surface area contributed by atoms with Crippen molar-refractivity contribution in [2.24, 2.45) is 0 Å². The Balaban J connectivity index is 2.16. The first-order chi connectivity index (χ1) is 8.24. The van der Waals surface area contributed by atoms with Gasteiger partial charge in [-0.2, -0.15) is 11.8 Å². The normalized spacial score (nSPS) is 20.6. The van der Waals surface area contributed by atoms with Crippen LogP contribution in [-0.2, 0) is 6.61 Å². The molecule has 0 amide bonds. The molecule has 1 aliphatic heterocycles. The molecule has 1 unspecified atom stereocenters.